The van der Waals surface area contributed by atoms with E-state index in [0.717, 1.165) is 67.0 Å². The van der Waals surface area contributed by atoms with Gasteiger partial charge in [0.05, 0.1) is 5.69 Å². The van der Waals surface area contributed by atoms with E-state index in [0.29, 0.717) is 23.3 Å². The molecule has 1 spiro atoms. The minimum Gasteiger partial charge on any atom is -0.333 e. The highest BCUT2D eigenvalue weighted by atomic mass is 32.2. The Labute approximate surface area is 249 Å². The van der Waals surface area contributed by atoms with Gasteiger partial charge in [0, 0.05) is 33.8 Å². The number of anilines is 1. The Morgan fingerprint density at radius 2 is 1.76 bits per heavy atom. The van der Waals surface area contributed by atoms with Crippen molar-refractivity contribution in [1.82, 2.24) is 20.2 Å². The maximum Gasteiger partial charge on any atom is 0.254 e. The van der Waals surface area contributed by atoms with E-state index < -0.39 is 0 Å². The van der Waals surface area contributed by atoms with Crippen molar-refractivity contribution in [2.45, 2.75) is 89.6 Å². The molecular weight excluding hydrogens is 526 g/mol. The molecule has 2 aliphatic heterocycles. The van der Waals surface area contributed by atoms with Crippen LogP contribution in [0.5, 0.6) is 0 Å². The molecule has 2 fully saturated rings. The number of rotatable bonds is 4. The van der Waals surface area contributed by atoms with Crippen LogP contribution in [0.1, 0.15) is 79.6 Å². The molecule has 1 unspecified atom stereocenters. The van der Waals surface area contributed by atoms with Gasteiger partial charge in [0.15, 0.2) is 0 Å². The third-order valence-electron chi connectivity index (χ3n) is 9.36. The van der Waals surface area contributed by atoms with Gasteiger partial charge < -0.3 is 10.2 Å². The average molecular weight is 570 g/mol. The van der Waals surface area contributed by atoms with E-state index >= 15 is 0 Å². The standard InChI is InChI=1S/C34H43N5OS/c1-22(2)17-27-12-11-26-19-30(31-23(3)7-5-8-24(31)4)37-33(36-26)38-41-29-10-6-9-25(18-29)32(40)39(27)28-20-34(21-28)13-15-35-16-14-34/h5-10,18-19,22,27-28,35H,11-17,20-21H2,1-4H3,(H,36,37,38). The van der Waals surface area contributed by atoms with Gasteiger partial charge in [0.25, 0.3) is 5.91 Å². The third-order valence-corrected chi connectivity index (χ3v) is 10.1. The van der Waals surface area contributed by atoms with Crippen molar-refractivity contribution in [3.8, 4) is 11.3 Å². The van der Waals surface area contributed by atoms with Crippen molar-refractivity contribution < 1.29 is 4.79 Å². The molecular formula is C34H43N5OS. The minimum atomic E-state index is 0.165. The second-order valence-electron chi connectivity index (χ2n) is 12.9. The van der Waals surface area contributed by atoms with Crippen LogP contribution in [0.15, 0.2) is 53.4 Å². The number of nitrogens with one attached hydrogen (secondary N) is 2. The summed E-state index contributed by atoms with van der Waals surface area (Å²) in [5.74, 6) is 1.29. The van der Waals surface area contributed by atoms with Gasteiger partial charge >= 0.3 is 0 Å². The number of fused-ring (bicyclic) bond motifs is 4. The molecule has 2 N–H and O–H groups in total. The summed E-state index contributed by atoms with van der Waals surface area (Å²) in [6.07, 6.45) is 7.39. The quantitative estimate of drug-likeness (QED) is 0.324. The van der Waals surface area contributed by atoms with E-state index in [2.05, 4.69) is 66.9 Å². The summed E-state index contributed by atoms with van der Waals surface area (Å²) >= 11 is 1.47. The van der Waals surface area contributed by atoms with Crippen molar-refractivity contribution in [1.29, 1.82) is 0 Å². The summed E-state index contributed by atoms with van der Waals surface area (Å²) in [6, 6.07) is 17.1. The van der Waals surface area contributed by atoms with Gasteiger partial charge in [-0.1, -0.05) is 38.1 Å². The highest BCUT2D eigenvalue weighted by Gasteiger charge is 2.49. The van der Waals surface area contributed by atoms with Gasteiger partial charge in [0.1, 0.15) is 0 Å². The second kappa shape index (κ2) is 11.8. The molecule has 4 bridgehead atoms. The summed E-state index contributed by atoms with van der Waals surface area (Å²) in [4.78, 5) is 27.6. The molecule has 3 aliphatic rings. The average Bonchev–Trinajstić information content (AvgIpc) is 2.94. The van der Waals surface area contributed by atoms with Crippen LogP contribution in [-0.4, -0.2) is 45.9 Å². The van der Waals surface area contributed by atoms with Crippen molar-refractivity contribution >= 4 is 23.8 Å². The van der Waals surface area contributed by atoms with Crippen molar-refractivity contribution in [3.05, 3.63) is 70.9 Å². The Hall–Kier alpha value is -2.90. The lowest BCUT2D eigenvalue weighted by molar-refractivity contribution is -0.0313. The van der Waals surface area contributed by atoms with Gasteiger partial charge in [-0.3, -0.25) is 9.52 Å². The number of aryl methyl sites for hydroxylation is 3. The first-order valence-electron chi connectivity index (χ1n) is 15.3. The molecule has 41 heavy (non-hydrogen) atoms. The maximum absolute atomic E-state index is 14.4. The lowest BCUT2D eigenvalue weighted by Gasteiger charge is -2.55. The zero-order valence-corrected chi connectivity index (χ0v) is 25.7. The molecule has 7 heteroatoms. The Bertz CT molecular complexity index is 1390. The number of hydrogen-bond acceptors (Lipinski definition) is 6. The predicted octanol–water partition coefficient (Wildman–Crippen LogP) is 7.21. The predicted molar refractivity (Wildman–Crippen MR) is 168 cm³/mol. The normalized spacial score (nSPS) is 21.0. The molecule has 1 saturated heterocycles. The van der Waals surface area contributed by atoms with Crippen LogP contribution in [-0.2, 0) is 6.42 Å². The summed E-state index contributed by atoms with van der Waals surface area (Å²) in [5, 5.41) is 3.53. The first-order chi connectivity index (χ1) is 19.8. The van der Waals surface area contributed by atoms with Crippen molar-refractivity contribution in [3.63, 3.8) is 0 Å². The molecule has 3 heterocycles. The number of hydrogen-bond donors (Lipinski definition) is 2. The van der Waals surface area contributed by atoms with E-state index in [-0.39, 0.29) is 11.9 Å². The summed E-state index contributed by atoms with van der Waals surface area (Å²) in [7, 11) is 0. The zero-order valence-electron chi connectivity index (χ0n) is 24.9. The largest absolute Gasteiger partial charge is 0.333 e. The number of carbonyl (C=O) groups is 1. The van der Waals surface area contributed by atoms with Gasteiger partial charge in [-0.2, -0.15) is 0 Å². The van der Waals surface area contributed by atoms with Gasteiger partial charge in [-0.25, -0.2) is 9.97 Å². The van der Waals surface area contributed by atoms with Crippen LogP contribution >= 0.6 is 11.9 Å². The second-order valence-corrected chi connectivity index (χ2v) is 13.8. The third kappa shape index (κ3) is 6.02. The van der Waals surface area contributed by atoms with Gasteiger partial charge in [-0.15, -0.1) is 0 Å². The summed E-state index contributed by atoms with van der Waals surface area (Å²) in [5.41, 5.74) is 6.76. The van der Waals surface area contributed by atoms with Crippen LogP contribution in [0, 0.1) is 25.2 Å². The SMILES string of the molecule is Cc1cccc(C)c1-c1cc2nc(n1)NSc1cccc(c1)C(=O)N(C1CC3(CCNCC3)C1)C(CC(C)C)CC2. The van der Waals surface area contributed by atoms with E-state index in [4.69, 9.17) is 9.97 Å². The van der Waals surface area contributed by atoms with Crippen LogP contribution in [0.3, 0.4) is 0 Å². The van der Waals surface area contributed by atoms with Gasteiger partial charge in [-0.05, 0) is 131 Å². The Morgan fingerprint density at radius 3 is 2.49 bits per heavy atom. The number of piperidine rings is 1. The number of carbonyl (C=O) groups excluding carboxylic acids is 1. The van der Waals surface area contributed by atoms with Crippen molar-refractivity contribution in [2.24, 2.45) is 11.3 Å². The molecule has 0 radical (unpaired) electrons. The molecule has 216 valence electrons. The monoisotopic (exact) mass is 569 g/mol. The fraction of sp³-hybridized carbons (Fsp3) is 0.500. The molecule has 2 aromatic carbocycles. The molecule has 1 saturated carbocycles. The van der Waals surface area contributed by atoms with Crippen LogP contribution in [0.4, 0.5) is 5.95 Å². The number of aromatic nitrogens is 2. The molecule has 1 atom stereocenters. The Balaban J connectivity index is 1.39. The van der Waals surface area contributed by atoms with Crippen LogP contribution < -0.4 is 10.0 Å². The minimum absolute atomic E-state index is 0.165. The summed E-state index contributed by atoms with van der Waals surface area (Å²) < 4.78 is 3.40. The maximum atomic E-state index is 14.4. The van der Waals surface area contributed by atoms with E-state index in [9.17, 15) is 4.79 Å². The smallest absolute Gasteiger partial charge is 0.254 e. The first kappa shape index (κ1) is 28.2. The van der Waals surface area contributed by atoms with E-state index in [1.807, 2.05) is 24.3 Å². The molecule has 1 amide bonds. The number of nitrogens with zero attached hydrogens (tertiary/aromatic N) is 3. The Morgan fingerprint density at radius 1 is 1.02 bits per heavy atom. The van der Waals surface area contributed by atoms with Crippen LogP contribution in [0.2, 0.25) is 0 Å². The fourth-order valence-electron chi connectivity index (χ4n) is 7.32. The zero-order chi connectivity index (χ0) is 28.6. The number of amides is 1. The highest BCUT2D eigenvalue weighted by molar-refractivity contribution is 8.00. The van der Waals surface area contributed by atoms with E-state index in [1.165, 1.54) is 41.5 Å². The molecule has 6 nitrogen and oxygen atoms in total. The number of benzene rings is 2. The molecule has 1 aromatic heterocycles. The topological polar surface area (TPSA) is 70.2 Å². The van der Waals surface area contributed by atoms with Crippen molar-refractivity contribution in [2.75, 3.05) is 17.8 Å². The lowest BCUT2D eigenvalue weighted by atomic mass is 9.60. The first-order valence-corrected chi connectivity index (χ1v) is 16.1. The molecule has 3 aromatic rings. The Kier molecular flexibility index (Phi) is 8.10. The fourth-order valence-corrected chi connectivity index (χ4v) is 7.96. The van der Waals surface area contributed by atoms with Gasteiger partial charge in [0.2, 0.25) is 5.95 Å². The molecule has 6 rings (SSSR count). The van der Waals surface area contributed by atoms with E-state index in [1.54, 1.807) is 0 Å². The summed E-state index contributed by atoms with van der Waals surface area (Å²) in [6.45, 7) is 11.1. The van der Waals surface area contributed by atoms with Crippen LogP contribution in [0.25, 0.3) is 11.3 Å². The highest BCUT2D eigenvalue weighted by Crippen LogP contribution is 2.51. The lowest BCUT2D eigenvalue weighted by Crippen LogP contribution is -2.58. The molecule has 1 aliphatic carbocycles.